The molecule has 7 nitrogen and oxygen atoms in total. The molecule has 3 rings (SSSR count). The first-order valence-electron chi connectivity index (χ1n) is 9.14. The Morgan fingerprint density at radius 3 is 2.46 bits per heavy atom. The molecule has 1 aliphatic heterocycles. The molecule has 0 radical (unpaired) electrons. The molecule has 0 spiro atoms. The SMILES string of the molecule is COc1ccc(S(=O)(=O)N2CCN(CCNC(=O)Cc3cccs3)CC2)cc1. The van der Waals surface area contributed by atoms with Crippen molar-refractivity contribution in [1.82, 2.24) is 14.5 Å². The third kappa shape index (κ3) is 5.32. The summed E-state index contributed by atoms with van der Waals surface area (Å²) >= 11 is 1.57. The fourth-order valence-corrected chi connectivity index (χ4v) is 5.20. The third-order valence-electron chi connectivity index (χ3n) is 4.69. The van der Waals surface area contributed by atoms with Crippen molar-refractivity contribution in [1.29, 1.82) is 0 Å². The molecule has 1 aromatic carbocycles. The smallest absolute Gasteiger partial charge is 0.243 e. The molecule has 1 fully saturated rings. The Morgan fingerprint density at radius 2 is 1.86 bits per heavy atom. The summed E-state index contributed by atoms with van der Waals surface area (Å²) in [4.78, 5) is 15.4. The van der Waals surface area contributed by atoms with Gasteiger partial charge in [0.15, 0.2) is 0 Å². The monoisotopic (exact) mass is 423 g/mol. The lowest BCUT2D eigenvalue weighted by molar-refractivity contribution is -0.120. The molecule has 1 saturated heterocycles. The van der Waals surface area contributed by atoms with Crippen molar-refractivity contribution in [2.75, 3.05) is 46.4 Å². The van der Waals surface area contributed by atoms with Crippen molar-refractivity contribution in [3.63, 3.8) is 0 Å². The first-order chi connectivity index (χ1) is 13.5. The van der Waals surface area contributed by atoms with Gasteiger partial charge in [0.2, 0.25) is 15.9 Å². The molecule has 0 bridgehead atoms. The fourth-order valence-electron chi connectivity index (χ4n) is 3.08. The third-order valence-corrected chi connectivity index (χ3v) is 7.48. The quantitative estimate of drug-likeness (QED) is 0.695. The molecule has 2 heterocycles. The van der Waals surface area contributed by atoms with Gasteiger partial charge in [-0.25, -0.2) is 8.42 Å². The van der Waals surface area contributed by atoms with Crippen molar-refractivity contribution in [2.45, 2.75) is 11.3 Å². The van der Waals surface area contributed by atoms with E-state index in [0.29, 0.717) is 51.4 Å². The zero-order valence-corrected chi connectivity index (χ0v) is 17.5. The number of carbonyl (C=O) groups is 1. The van der Waals surface area contributed by atoms with Crippen molar-refractivity contribution in [3.05, 3.63) is 46.7 Å². The summed E-state index contributed by atoms with van der Waals surface area (Å²) in [7, 11) is -1.94. The lowest BCUT2D eigenvalue weighted by Gasteiger charge is -2.34. The van der Waals surface area contributed by atoms with Crippen LogP contribution in [-0.4, -0.2) is 69.9 Å². The molecule has 1 amide bonds. The van der Waals surface area contributed by atoms with E-state index in [2.05, 4.69) is 10.2 Å². The maximum atomic E-state index is 12.8. The number of nitrogens with one attached hydrogen (secondary N) is 1. The molecule has 1 aliphatic rings. The molecule has 1 N–H and O–H groups in total. The van der Waals surface area contributed by atoms with E-state index in [9.17, 15) is 13.2 Å². The van der Waals surface area contributed by atoms with Crippen molar-refractivity contribution >= 4 is 27.3 Å². The summed E-state index contributed by atoms with van der Waals surface area (Å²) in [6.07, 6.45) is 0.408. The van der Waals surface area contributed by atoms with E-state index < -0.39 is 10.0 Å². The summed E-state index contributed by atoms with van der Waals surface area (Å²) in [6.45, 7) is 3.46. The van der Waals surface area contributed by atoms with E-state index in [1.165, 1.54) is 4.31 Å². The Morgan fingerprint density at radius 1 is 1.14 bits per heavy atom. The summed E-state index contributed by atoms with van der Waals surface area (Å²) in [5.41, 5.74) is 0. The first kappa shape index (κ1) is 20.8. The summed E-state index contributed by atoms with van der Waals surface area (Å²) < 4.78 is 32.1. The Bertz CT molecular complexity index is 859. The van der Waals surface area contributed by atoms with E-state index in [4.69, 9.17) is 4.74 Å². The number of benzene rings is 1. The molecular weight excluding hydrogens is 398 g/mol. The predicted molar refractivity (Wildman–Crippen MR) is 109 cm³/mol. The molecule has 0 atom stereocenters. The zero-order chi connectivity index (χ0) is 20.0. The second kappa shape index (κ2) is 9.51. The highest BCUT2D eigenvalue weighted by molar-refractivity contribution is 7.89. The number of methoxy groups -OCH3 is 1. The predicted octanol–water partition coefficient (Wildman–Crippen LogP) is 1.42. The molecule has 28 heavy (non-hydrogen) atoms. The average Bonchev–Trinajstić information content (AvgIpc) is 3.21. The first-order valence-corrected chi connectivity index (χ1v) is 11.5. The van der Waals surface area contributed by atoms with Crippen LogP contribution in [0.2, 0.25) is 0 Å². The number of rotatable bonds is 8. The Labute approximate surface area is 170 Å². The zero-order valence-electron chi connectivity index (χ0n) is 15.8. The number of piperazine rings is 1. The Kier molecular flexibility index (Phi) is 7.06. The van der Waals surface area contributed by atoms with Gasteiger partial charge in [0.1, 0.15) is 5.75 Å². The van der Waals surface area contributed by atoms with Crippen LogP contribution in [0.3, 0.4) is 0 Å². The minimum atomic E-state index is -3.49. The van der Waals surface area contributed by atoms with Gasteiger partial charge < -0.3 is 10.1 Å². The molecular formula is C19H25N3O4S2. The van der Waals surface area contributed by atoms with Crippen LogP contribution >= 0.6 is 11.3 Å². The minimum absolute atomic E-state index is 0.0168. The highest BCUT2D eigenvalue weighted by Gasteiger charge is 2.28. The summed E-state index contributed by atoms with van der Waals surface area (Å²) in [5.74, 6) is 0.646. The molecule has 152 valence electrons. The maximum Gasteiger partial charge on any atom is 0.243 e. The molecule has 0 unspecified atom stereocenters. The summed E-state index contributed by atoms with van der Waals surface area (Å²) in [5, 5.41) is 4.89. The van der Waals surface area contributed by atoms with Crippen LogP contribution in [0.5, 0.6) is 5.75 Å². The van der Waals surface area contributed by atoms with Crippen LogP contribution in [0.25, 0.3) is 0 Å². The van der Waals surface area contributed by atoms with Gasteiger partial charge >= 0.3 is 0 Å². The van der Waals surface area contributed by atoms with Crippen molar-refractivity contribution in [2.24, 2.45) is 0 Å². The van der Waals surface area contributed by atoms with Gasteiger partial charge in [0.05, 0.1) is 18.4 Å². The number of ether oxygens (including phenoxy) is 1. The average molecular weight is 424 g/mol. The van der Waals surface area contributed by atoms with Crippen LogP contribution in [0.15, 0.2) is 46.7 Å². The van der Waals surface area contributed by atoms with Crippen molar-refractivity contribution < 1.29 is 17.9 Å². The van der Waals surface area contributed by atoms with Gasteiger partial charge in [-0.1, -0.05) is 6.07 Å². The fraction of sp³-hybridized carbons (Fsp3) is 0.421. The normalized spacial score (nSPS) is 16.0. The minimum Gasteiger partial charge on any atom is -0.497 e. The molecule has 2 aromatic rings. The van der Waals surface area contributed by atoms with Crippen LogP contribution in [0.1, 0.15) is 4.88 Å². The second-order valence-corrected chi connectivity index (χ2v) is 9.50. The van der Waals surface area contributed by atoms with Crippen LogP contribution < -0.4 is 10.1 Å². The lowest BCUT2D eigenvalue weighted by Crippen LogP contribution is -2.50. The number of nitrogens with zero attached hydrogens (tertiary/aromatic N) is 2. The molecule has 1 aromatic heterocycles. The van der Waals surface area contributed by atoms with Crippen LogP contribution in [0, 0.1) is 0 Å². The molecule has 9 heteroatoms. The van der Waals surface area contributed by atoms with Gasteiger partial charge in [-0.2, -0.15) is 4.31 Å². The summed E-state index contributed by atoms with van der Waals surface area (Å²) in [6, 6.07) is 10.3. The molecule has 0 aliphatic carbocycles. The number of hydrogen-bond donors (Lipinski definition) is 1. The highest BCUT2D eigenvalue weighted by Crippen LogP contribution is 2.20. The second-order valence-electron chi connectivity index (χ2n) is 6.53. The Hall–Kier alpha value is -1.94. The van der Waals surface area contributed by atoms with E-state index in [-0.39, 0.29) is 10.8 Å². The van der Waals surface area contributed by atoms with Gasteiger partial charge in [0, 0.05) is 44.1 Å². The highest BCUT2D eigenvalue weighted by atomic mass is 32.2. The van der Waals surface area contributed by atoms with Crippen molar-refractivity contribution in [3.8, 4) is 5.75 Å². The van der Waals surface area contributed by atoms with E-state index in [1.807, 2.05) is 17.5 Å². The van der Waals surface area contributed by atoms with Crippen LogP contribution in [-0.2, 0) is 21.2 Å². The van der Waals surface area contributed by atoms with E-state index >= 15 is 0 Å². The number of amides is 1. The number of hydrogen-bond acceptors (Lipinski definition) is 6. The number of sulfonamides is 1. The van der Waals surface area contributed by atoms with E-state index in [1.54, 1.807) is 42.7 Å². The van der Waals surface area contributed by atoms with Gasteiger partial charge in [0.25, 0.3) is 0 Å². The van der Waals surface area contributed by atoms with Gasteiger partial charge in [-0.3, -0.25) is 9.69 Å². The van der Waals surface area contributed by atoms with E-state index in [0.717, 1.165) is 4.88 Å². The van der Waals surface area contributed by atoms with Gasteiger partial charge in [-0.15, -0.1) is 11.3 Å². The number of thiophene rings is 1. The van der Waals surface area contributed by atoms with Gasteiger partial charge in [-0.05, 0) is 35.7 Å². The largest absolute Gasteiger partial charge is 0.497 e. The van der Waals surface area contributed by atoms with Crippen LogP contribution in [0.4, 0.5) is 0 Å². The lowest BCUT2D eigenvalue weighted by atomic mass is 10.3. The standard InChI is InChI=1S/C19H25N3O4S2/c1-26-16-4-6-18(7-5-16)28(24,25)22-12-10-21(11-13-22)9-8-20-19(23)15-17-3-2-14-27-17/h2-7,14H,8-13,15H2,1H3,(H,20,23). The Balaban J connectivity index is 1.42. The molecule has 0 saturated carbocycles. The number of carbonyl (C=O) groups excluding carboxylic acids is 1. The topological polar surface area (TPSA) is 79.0 Å². The maximum absolute atomic E-state index is 12.8.